The summed E-state index contributed by atoms with van der Waals surface area (Å²) in [6.45, 7) is -0.658. The highest BCUT2D eigenvalue weighted by atomic mass is 35.5. The number of nitrogens with one attached hydrogen (secondary N) is 2. The van der Waals surface area contributed by atoms with E-state index >= 15 is 0 Å². The predicted molar refractivity (Wildman–Crippen MR) is 108 cm³/mol. The van der Waals surface area contributed by atoms with Crippen LogP contribution >= 0.6 is 11.6 Å². The maximum absolute atomic E-state index is 14.1. The smallest absolute Gasteiger partial charge is 0.329 e. The molecule has 156 valence electrons. The lowest BCUT2D eigenvalue weighted by molar-refractivity contribution is -0.125. The fourth-order valence-corrected chi connectivity index (χ4v) is 3.59. The molecule has 0 radical (unpaired) electrons. The van der Waals surface area contributed by atoms with Gasteiger partial charge < -0.3 is 15.4 Å². The largest absolute Gasteiger partial charge is 0.394 e. The Balaban J connectivity index is 1.70. The van der Waals surface area contributed by atoms with Crippen LogP contribution in [0.2, 0.25) is 5.02 Å². The Morgan fingerprint density at radius 1 is 1.26 bits per heavy atom. The van der Waals surface area contributed by atoms with Crippen LogP contribution < -0.4 is 5.32 Å². The Hall–Kier alpha value is -3.74. The number of urea groups is 1. The third-order valence-electron chi connectivity index (χ3n) is 4.97. The van der Waals surface area contributed by atoms with E-state index in [1.165, 1.54) is 30.5 Å². The number of aromatic nitrogens is 1. The molecular formula is C21H13ClF2N4O3. The van der Waals surface area contributed by atoms with Crippen LogP contribution in [0.4, 0.5) is 13.6 Å². The van der Waals surface area contributed by atoms with Crippen molar-refractivity contribution in [3.8, 4) is 6.07 Å². The molecule has 1 fully saturated rings. The maximum Gasteiger partial charge on any atom is 0.329 e. The number of hydrogen-bond acceptors (Lipinski definition) is 4. The SMILES string of the molecule is N#Cc1ccc(C(CO)N2C(=O)NC(=Cc3c[nH]c4c(F)c(Cl)ccc34)C2=O)cc1F. The topological polar surface area (TPSA) is 109 Å². The molecule has 0 aliphatic carbocycles. The zero-order chi connectivity index (χ0) is 22.3. The summed E-state index contributed by atoms with van der Waals surface area (Å²) in [6.07, 6.45) is 2.82. The third kappa shape index (κ3) is 3.42. The number of aromatic amines is 1. The Morgan fingerprint density at radius 2 is 2.03 bits per heavy atom. The first-order valence-corrected chi connectivity index (χ1v) is 9.35. The summed E-state index contributed by atoms with van der Waals surface area (Å²) in [5.74, 6) is -2.23. The van der Waals surface area contributed by atoms with Crippen molar-refractivity contribution >= 4 is 40.5 Å². The van der Waals surface area contributed by atoms with Crippen molar-refractivity contribution in [2.75, 3.05) is 6.61 Å². The molecule has 0 saturated carbocycles. The number of nitriles is 1. The van der Waals surface area contributed by atoms with Crippen molar-refractivity contribution in [2.45, 2.75) is 6.04 Å². The van der Waals surface area contributed by atoms with Gasteiger partial charge in [0.05, 0.1) is 28.8 Å². The Bertz CT molecular complexity index is 1310. The number of imide groups is 1. The molecule has 7 nitrogen and oxygen atoms in total. The number of hydrogen-bond donors (Lipinski definition) is 3. The van der Waals surface area contributed by atoms with Gasteiger partial charge in [0.15, 0.2) is 5.82 Å². The van der Waals surface area contributed by atoms with Gasteiger partial charge in [-0.3, -0.25) is 4.79 Å². The molecule has 4 rings (SSSR count). The summed E-state index contributed by atoms with van der Waals surface area (Å²) in [5, 5.41) is 21.4. The number of rotatable bonds is 4. The van der Waals surface area contributed by atoms with E-state index < -0.39 is 36.2 Å². The summed E-state index contributed by atoms with van der Waals surface area (Å²) in [5.41, 5.74) is 0.418. The molecule has 3 N–H and O–H groups in total. The highest BCUT2D eigenvalue weighted by Crippen LogP contribution is 2.30. The summed E-state index contributed by atoms with van der Waals surface area (Å²) >= 11 is 5.77. The second-order valence-corrected chi connectivity index (χ2v) is 7.15. The fraction of sp³-hybridized carbons (Fsp3) is 0.0952. The highest BCUT2D eigenvalue weighted by molar-refractivity contribution is 6.31. The summed E-state index contributed by atoms with van der Waals surface area (Å²) in [7, 11) is 0. The number of halogens is 3. The van der Waals surface area contributed by atoms with Crippen molar-refractivity contribution < 1.29 is 23.5 Å². The van der Waals surface area contributed by atoms with E-state index in [0.29, 0.717) is 10.9 Å². The molecule has 10 heteroatoms. The predicted octanol–water partition coefficient (Wildman–Crippen LogP) is 3.60. The fourth-order valence-electron chi connectivity index (χ4n) is 3.43. The van der Waals surface area contributed by atoms with Gasteiger partial charge in [-0.1, -0.05) is 23.7 Å². The van der Waals surface area contributed by atoms with Crippen molar-refractivity contribution in [1.82, 2.24) is 15.2 Å². The van der Waals surface area contributed by atoms with E-state index in [2.05, 4.69) is 10.3 Å². The number of fused-ring (bicyclic) bond motifs is 1. The first kappa shape index (κ1) is 20.5. The summed E-state index contributed by atoms with van der Waals surface area (Å²) < 4.78 is 28.1. The summed E-state index contributed by atoms with van der Waals surface area (Å²) in [6, 6.07) is 6.19. The second kappa shape index (κ2) is 7.83. The molecule has 3 amide bonds. The van der Waals surface area contributed by atoms with E-state index in [0.717, 1.165) is 11.0 Å². The van der Waals surface area contributed by atoms with Crippen molar-refractivity contribution in [1.29, 1.82) is 5.26 Å². The van der Waals surface area contributed by atoms with Crippen LogP contribution in [0.3, 0.4) is 0 Å². The number of aliphatic hydroxyl groups is 1. The molecule has 1 atom stereocenters. The van der Waals surface area contributed by atoms with Gasteiger partial charge in [-0.2, -0.15) is 5.26 Å². The highest BCUT2D eigenvalue weighted by Gasteiger charge is 2.39. The summed E-state index contributed by atoms with van der Waals surface area (Å²) in [4.78, 5) is 28.9. The number of aliphatic hydroxyl groups excluding tert-OH is 1. The molecule has 3 aromatic rings. The minimum absolute atomic E-state index is 0.0644. The quantitative estimate of drug-likeness (QED) is 0.423. The molecular weight excluding hydrogens is 430 g/mol. The van der Waals surface area contributed by atoms with Gasteiger partial charge in [0.1, 0.15) is 17.6 Å². The zero-order valence-electron chi connectivity index (χ0n) is 15.6. The van der Waals surface area contributed by atoms with Gasteiger partial charge in [-0.05, 0) is 29.8 Å². The van der Waals surface area contributed by atoms with Crippen LogP contribution in [0.25, 0.3) is 17.0 Å². The van der Waals surface area contributed by atoms with Gasteiger partial charge in [-0.15, -0.1) is 0 Å². The maximum atomic E-state index is 14.1. The minimum atomic E-state index is -1.17. The number of carbonyl (C=O) groups excluding carboxylic acids is 2. The lowest BCUT2D eigenvalue weighted by atomic mass is 10.0. The standard InChI is InChI=1S/C21H13ClF2N4O3/c22-14-4-3-13-12(8-26-19(13)18(14)24)6-16-20(30)28(21(31)27-16)17(9-29)10-1-2-11(7-25)15(23)5-10/h1-6,8,17,26,29H,9H2,(H,27,31). The van der Waals surface area contributed by atoms with Gasteiger partial charge in [0.25, 0.3) is 5.91 Å². The monoisotopic (exact) mass is 442 g/mol. The number of H-pyrrole nitrogens is 1. The molecule has 1 aliphatic rings. The number of nitrogens with zero attached hydrogens (tertiary/aromatic N) is 2. The van der Waals surface area contributed by atoms with Crippen molar-refractivity contribution in [3.05, 3.63) is 75.6 Å². The van der Waals surface area contributed by atoms with Crippen LogP contribution in [-0.2, 0) is 4.79 Å². The Labute approximate surface area is 179 Å². The average molecular weight is 443 g/mol. The third-order valence-corrected chi connectivity index (χ3v) is 5.26. The van der Waals surface area contributed by atoms with Gasteiger partial charge in [0.2, 0.25) is 0 Å². The van der Waals surface area contributed by atoms with Crippen LogP contribution in [0, 0.1) is 23.0 Å². The van der Waals surface area contributed by atoms with Crippen LogP contribution in [0.15, 0.2) is 42.2 Å². The minimum Gasteiger partial charge on any atom is -0.394 e. The first-order chi connectivity index (χ1) is 14.8. The first-order valence-electron chi connectivity index (χ1n) is 8.97. The van der Waals surface area contributed by atoms with Gasteiger partial charge in [0, 0.05) is 17.1 Å². The molecule has 31 heavy (non-hydrogen) atoms. The van der Waals surface area contributed by atoms with E-state index in [-0.39, 0.29) is 27.4 Å². The molecule has 1 saturated heterocycles. The van der Waals surface area contributed by atoms with Crippen LogP contribution in [0.5, 0.6) is 0 Å². The van der Waals surface area contributed by atoms with E-state index in [1.807, 2.05) is 0 Å². The van der Waals surface area contributed by atoms with Gasteiger partial charge in [-0.25, -0.2) is 18.5 Å². The lowest BCUT2D eigenvalue weighted by Crippen LogP contribution is -2.36. The Morgan fingerprint density at radius 3 is 2.71 bits per heavy atom. The van der Waals surface area contributed by atoms with Gasteiger partial charge >= 0.3 is 6.03 Å². The second-order valence-electron chi connectivity index (χ2n) is 6.74. The Kier molecular flexibility index (Phi) is 5.19. The molecule has 1 aliphatic heterocycles. The van der Waals surface area contributed by atoms with E-state index in [9.17, 15) is 23.5 Å². The molecule has 2 heterocycles. The number of carbonyl (C=O) groups is 2. The van der Waals surface area contributed by atoms with E-state index in [1.54, 1.807) is 12.1 Å². The molecule has 0 spiro atoms. The van der Waals surface area contributed by atoms with Crippen molar-refractivity contribution in [2.24, 2.45) is 0 Å². The number of benzene rings is 2. The zero-order valence-corrected chi connectivity index (χ0v) is 16.4. The van der Waals surface area contributed by atoms with E-state index in [4.69, 9.17) is 16.9 Å². The normalized spacial score (nSPS) is 16.1. The van der Waals surface area contributed by atoms with Crippen molar-refractivity contribution in [3.63, 3.8) is 0 Å². The van der Waals surface area contributed by atoms with Crippen LogP contribution in [-0.4, -0.2) is 33.5 Å². The average Bonchev–Trinajstić information content (AvgIpc) is 3.28. The number of amides is 3. The molecule has 0 bridgehead atoms. The van der Waals surface area contributed by atoms with Crippen LogP contribution in [0.1, 0.15) is 22.7 Å². The molecule has 1 unspecified atom stereocenters. The molecule has 1 aromatic heterocycles. The lowest BCUT2D eigenvalue weighted by Gasteiger charge is -2.23. The molecule has 2 aromatic carbocycles.